The van der Waals surface area contributed by atoms with E-state index in [1.165, 1.54) is 18.2 Å². The summed E-state index contributed by atoms with van der Waals surface area (Å²) in [6.45, 7) is -0.407. The third-order valence-corrected chi connectivity index (χ3v) is 2.90. The molecule has 0 spiro atoms. The van der Waals surface area contributed by atoms with E-state index in [0.717, 1.165) is 0 Å². The average molecular weight is 316 g/mol. The van der Waals surface area contributed by atoms with Gasteiger partial charge in [-0.2, -0.15) is 13.9 Å². The van der Waals surface area contributed by atoms with Gasteiger partial charge in [0, 0.05) is 18.4 Å². The Hall–Kier alpha value is -2.15. The minimum atomic E-state index is -2.96. The Labute approximate surface area is 124 Å². The molecule has 1 amide bonds. The van der Waals surface area contributed by atoms with Crippen molar-refractivity contribution in [3.63, 3.8) is 0 Å². The molecule has 0 bridgehead atoms. The van der Waals surface area contributed by atoms with Gasteiger partial charge in [-0.15, -0.1) is 0 Å². The molecule has 1 N–H and O–H groups in total. The zero-order chi connectivity index (χ0) is 15.4. The number of hydrogen-bond donors (Lipinski definition) is 1. The van der Waals surface area contributed by atoms with Gasteiger partial charge in [0.05, 0.1) is 5.02 Å². The predicted octanol–water partition coefficient (Wildman–Crippen LogP) is 3.41. The molecule has 0 saturated carbocycles. The maximum absolute atomic E-state index is 12.1. The molecular formula is C13H12ClF2N3O2. The molecule has 1 aromatic carbocycles. The maximum Gasteiger partial charge on any atom is 0.387 e. The van der Waals surface area contributed by atoms with Crippen LogP contribution in [-0.4, -0.2) is 22.3 Å². The first-order chi connectivity index (χ1) is 9.99. The second kappa shape index (κ2) is 6.53. The molecule has 1 aromatic heterocycles. The van der Waals surface area contributed by atoms with Crippen LogP contribution in [0.1, 0.15) is 17.4 Å². The number of nitrogens with one attached hydrogen (secondary N) is 1. The number of hydrogen-bond acceptors (Lipinski definition) is 3. The van der Waals surface area contributed by atoms with E-state index in [4.69, 9.17) is 11.6 Å². The number of nitrogens with zero attached hydrogens (tertiary/aromatic N) is 2. The lowest BCUT2D eigenvalue weighted by molar-refractivity contribution is -0.0497. The van der Waals surface area contributed by atoms with Crippen molar-refractivity contribution < 1.29 is 18.3 Å². The molecule has 0 aliphatic heterocycles. The number of carbonyl (C=O) groups excluding carboxylic acids is 1. The lowest BCUT2D eigenvalue weighted by atomic mass is 10.3. The van der Waals surface area contributed by atoms with Gasteiger partial charge in [0.25, 0.3) is 5.91 Å². The smallest absolute Gasteiger partial charge is 0.387 e. The molecular weight excluding hydrogens is 304 g/mol. The Kier molecular flexibility index (Phi) is 4.74. The van der Waals surface area contributed by atoms with E-state index in [2.05, 4.69) is 15.2 Å². The van der Waals surface area contributed by atoms with Crippen molar-refractivity contribution in [2.45, 2.75) is 20.1 Å². The van der Waals surface area contributed by atoms with E-state index in [-0.39, 0.29) is 16.5 Å². The summed E-state index contributed by atoms with van der Waals surface area (Å²) in [5, 5.41) is 6.61. The molecule has 21 heavy (non-hydrogen) atoms. The van der Waals surface area contributed by atoms with Gasteiger partial charge >= 0.3 is 6.61 Å². The van der Waals surface area contributed by atoms with Gasteiger partial charge in [0.2, 0.25) is 0 Å². The Bertz CT molecular complexity index is 646. The fraction of sp³-hybridized carbons (Fsp3) is 0.231. The predicted molar refractivity (Wildman–Crippen MR) is 73.9 cm³/mol. The Morgan fingerprint density at radius 2 is 2.24 bits per heavy atom. The SMILES string of the molecule is CCn1ccc(C(=O)Nc2ccc(OC(F)F)c(Cl)c2)n1. The number of anilines is 1. The standard InChI is InChI=1S/C13H12ClF2N3O2/c1-2-19-6-5-10(18-19)12(20)17-8-3-4-11(9(14)7-8)21-13(15)16/h3-7,13H,2H2,1H3,(H,17,20). The van der Waals surface area contributed by atoms with Crippen LogP contribution >= 0.6 is 11.6 Å². The van der Waals surface area contributed by atoms with Crippen LogP contribution < -0.4 is 10.1 Å². The van der Waals surface area contributed by atoms with E-state index in [1.54, 1.807) is 16.9 Å². The number of aryl methyl sites for hydroxylation is 1. The van der Waals surface area contributed by atoms with Gasteiger partial charge in [-0.25, -0.2) is 0 Å². The molecule has 0 fully saturated rings. The third kappa shape index (κ3) is 3.91. The monoisotopic (exact) mass is 315 g/mol. The largest absolute Gasteiger partial charge is 0.433 e. The molecule has 0 saturated heterocycles. The average Bonchev–Trinajstić information content (AvgIpc) is 2.90. The Balaban J connectivity index is 2.09. The van der Waals surface area contributed by atoms with Crippen molar-refractivity contribution >= 4 is 23.2 Å². The van der Waals surface area contributed by atoms with E-state index in [0.29, 0.717) is 12.2 Å². The molecule has 5 nitrogen and oxygen atoms in total. The minimum Gasteiger partial charge on any atom is -0.433 e. The van der Waals surface area contributed by atoms with Crippen molar-refractivity contribution in [3.8, 4) is 5.75 Å². The molecule has 0 radical (unpaired) electrons. The van der Waals surface area contributed by atoms with Gasteiger partial charge in [0.15, 0.2) is 5.69 Å². The molecule has 0 unspecified atom stereocenters. The summed E-state index contributed by atoms with van der Waals surface area (Å²) in [4.78, 5) is 11.9. The van der Waals surface area contributed by atoms with Gasteiger partial charge < -0.3 is 10.1 Å². The van der Waals surface area contributed by atoms with Crippen LogP contribution in [-0.2, 0) is 6.54 Å². The van der Waals surface area contributed by atoms with E-state index in [9.17, 15) is 13.6 Å². The summed E-state index contributed by atoms with van der Waals surface area (Å²) in [6, 6.07) is 5.58. The first kappa shape index (κ1) is 15.2. The van der Waals surface area contributed by atoms with Crippen LogP contribution in [0.15, 0.2) is 30.5 Å². The highest BCUT2D eigenvalue weighted by molar-refractivity contribution is 6.32. The molecule has 8 heteroatoms. The lowest BCUT2D eigenvalue weighted by Gasteiger charge is -2.09. The van der Waals surface area contributed by atoms with Crippen LogP contribution in [0.25, 0.3) is 0 Å². The number of carbonyl (C=O) groups is 1. The molecule has 0 aliphatic rings. The fourth-order valence-electron chi connectivity index (χ4n) is 1.62. The number of alkyl halides is 2. The third-order valence-electron chi connectivity index (χ3n) is 2.60. The van der Waals surface area contributed by atoms with Crippen LogP contribution in [0.4, 0.5) is 14.5 Å². The molecule has 1 heterocycles. The van der Waals surface area contributed by atoms with Crippen LogP contribution in [0.3, 0.4) is 0 Å². The summed E-state index contributed by atoms with van der Waals surface area (Å²) in [7, 11) is 0. The summed E-state index contributed by atoms with van der Waals surface area (Å²) in [5.41, 5.74) is 0.610. The summed E-state index contributed by atoms with van der Waals surface area (Å²) < 4.78 is 30.0. The first-order valence-electron chi connectivity index (χ1n) is 6.08. The lowest BCUT2D eigenvalue weighted by Crippen LogP contribution is -2.13. The normalized spacial score (nSPS) is 10.7. The number of rotatable bonds is 5. The van der Waals surface area contributed by atoms with Crippen molar-refractivity contribution in [2.75, 3.05) is 5.32 Å². The van der Waals surface area contributed by atoms with Crippen molar-refractivity contribution in [1.82, 2.24) is 9.78 Å². The number of ether oxygens (including phenoxy) is 1. The number of aromatic nitrogens is 2. The quantitative estimate of drug-likeness (QED) is 0.920. The van der Waals surface area contributed by atoms with Crippen LogP contribution in [0.5, 0.6) is 5.75 Å². The van der Waals surface area contributed by atoms with Crippen molar-refractivity contribution in [3.05, 3.63) is 41.2 Å². The van der Waals surface area contributed by atoms with Gasteiger partial charge in [-0.3, -0.25) is 9.48 Å². The van der Waals surface area contributed by atoms with E-state index < -0.39 is 12.5 Å². The van der Waals surface area contributed by atoms with Gasteiger partial charge in [-0.05, 0) is 31.2 Å². The zero-order valence-corrected chi connectivity index (χ0v) is 11.8. The maximum atomic E-state index is 12.1. The Morgan fingerprint density at radius 1 is 1.48 bits per heavy atom. The second-order valence-corrected chi connectivity index (χ2v) is 4.44. The van der Waals surface area contributed by atoms with Crippen molar-refractivity contribution in [1.29, 1.82) is 0 Å². The molecule has 112 valence electrons. The zero-order valence-electron chi connectivity index (χ0n) is 11.0. The highest BCUT2D eigenvalue weighted by atomic mass is 35.5. The summed E-state index contributed by atoms with van der Waals surface area (Å²) >= 11 is 5.80. The first-order valence-corrected chi connectivity index (χ1v) is 6.46. The highest BCUT2D eigenvalue weighted by Gasteiger charge is 2.12. The number of amides is 1. The van der Waals surface area contributed by atoms with Crippen LogP contribution in [0.2, 0.25) is 5.02 Å². The van der Waals surface area contributed by atoms with Gasteiger partial charge in [0.1, 0.15) is 5.75 Å². The van der Waals surface area contributed by atoms with E-state index >= 15 is 0 Å². The highest BCUT2D eigenvalue weighted by Crippen LogP contribution is 2.29. The molecule has 2 aromatic rings. The second-order valence-electron chi connectivity index (χ2n) is 4.03. The molecule has 0 atom stereocenters. The fourth-order valence-corrected chi connectivity index (χ4v) is 1.85. The number of benzene rings is 1. The molecule has 2 rings (SSSR count). The minimum absolute atomic E-state index is 0.0211. The topological polar surface area (TPSA) is 56.2 Å². The van der Waals surface area contributed by atoms with Gasteiger partial charge in [-0.1, -0.05) is 11.6 Å². The van der Waals surface area contributed by atoms with Crippen molar-refractivity contribution in [2.24, 2.45) is 0 Å². The van der Waals surface area contributed by atoms with E-state index in [1.807, 2.05) is 6.92 Å². The summed E-state index contributed by atoms with van der Waals surface area (Å²) in [5.74, 6) is -0.569. The Morgan fingerprint density at radius 3 is 2.81 bits per heavy atom. The van der Waals surface area contributed by atoms with Crippen LogP contribution in [0, 0.1) is 0 Å². The number of halogens is 3. The molecule has 0 aliphatic carbocycles. The summed E-state index contributed by atoms with van der Waals surface area (Å²) in [6.07, 6.45) is 1.68.